The third-order valence-corrected chi connectivity index (χ3v) is 4.97. The molecule has 0 radical (unpaired) electrons. The Morgan fingerprint density at radius 1 is 1.22 bits per heavy atom. The third-order valence-electron chi connectivity index (χ3n) is 4.97. The van der Waals surface area contributed by atoms with Crippen LogP contribution < -0.4 is 5.32 Å². The topological polar surface area (TPSA) is 49.3 Å². The molecule has 0 saturated heterocycles. The lowest BCUT2D eigenvalue weighted by Crippen LogP contribution is -2.40. The SMILES string of the molecule is CC(C)CC(CNC1CC(C)CC(c2ccccc2)C1)C(=O)O. The van der Waals surface area contributed by atoms with E-state index in [0.717, 1.165) is 19.3 Å². The van der Waals surface area contributed by atoms with Crippen molar-refractivity contribution in [3.8, 4) is 0 Å². The summed E-state index contributed by atoms with van der Waals surface area (Å²) in [4.78, 5) is 11.4. The van der Waals surface area contributed by atoms with Crippen molar-refractivity contribution in [2.45, 2.75) is 58.4 Å². The average molecular weight is 317 g/mol. The number of carboxylic acid groups (broad SMARTS) is 1. The smallest absolute Gasteiger partial charge is 0.307 e. The molecule has 3 heteroatoms. The van der Waals surface area contributed by atoms with E-state index in [1.165, 1.54) is 12.0 Å². The van der Waals surface area contributed by atoms with Crippen molar-refractivity contribution in [2.75, 3.05) is 6.54 Å². The molecule has 1 aliphatic rings. The molecule has 1 saturated carbocycles. The van der Waals surface area contributed by atoms with E-state index in [-0.39, 0.29) is 5.92 Å². The molecule has 1 aromatic carbocycles. The van der Waals surface area contributed by atoms with Gasteiger partial charge in [0, 0.05) is 12.6 Å². The number of rotatable bonds is 7. The predicted octanol–water partition coefficient (Wildman–Crippen LogP) is 4.30. The largest absolute Gasteiger partial charge is 0.481 e. The molecule has 0 aliphatic heterocycles. The van der Waals surface area contributed by atoms with Crippen LogP contribution in [0.15, 0.2) is 30.3 Å². The second-order valence-corrected chi connectivity index (χ2v) is 7.69. The van der Waals surface area contributed by atoms with Gasteiger partial charge < -0.3 is 10.4 Å². The van der Waals surface area contributed by atoms with Crippen molar-refractivity contribution in [3.05, 3.63) is 35.9 Å². The van der Waals surface area contributed by atoms with Gasteiger partial charge in [-0.2, -0.15) is 0 Å². The van der Waals surface area contributed by atoms with Gasteiger partial charge in [-0.1, -0.05) is 51.1 Å². The van der Waals surface area contributed by atoms with Crippen molar-refractivity contribution >= 4 is 5.97 Å². The predicted molar refractivity (Wildman–Crippen MR) is 94.6 cm³/mol. The fourth-order valence-electron chi connectivity index (χ4n) is 3.92. The van der Waals surface area contributed by atoms with E-state index in [1.807, 2.05) is 0 Å². The van der Waals surface area contributed by atoms with Crippen LogP contribution in [0.4, 0.5) is 0 Å². The van der Waals surface area contributed by atoms with E-state index in [2.05, 4.69) is 56.4 Å². The molecule has 0 heterocycles. The Kier molecular flexibility index (Phi) is 6.64. The number of carboxylic acids is 1. The molecule has 4 atom stereocenters. The van der Waals surface area contributed by atoms with Gasteiger partial charge in [0.2, 0.25) is 0 Å². The maximum Gasteiger partial charge on any atom is 0.307 e. The molecule has 0 amide bonds. The van der Waals surface area contributed by atoms with Gasteiger partial charge in [-0.3, -0.25) is 4.79 Å². The summed E-state index contributed by atoms with van der Waals surface area (Å²) in [5, 5.41) is 13.0. The van der Waals surface area contributed by atoms with E-state index < -0.39 is 5.97 Å². The first-order valence-corrected chi connectivity index (χ1v) is 8.96. The van der Waals surface area contributed by atoms with Crippen molar-refractivity contribution in [1.29, 1.82) is 0 Å². The van der Waals surface area contributed by atoms with Crippen molar-refractivity contribution in [2.24, 2.45) is 17.8 Å². The molecular weight excluding hydrogens is 286 g/mol. The van der Waals surface area contributed by atoms with Crippen molar-refractivity contribution in [3.63, 3.8) is 0 Å². The summed E-state index contributed by atoms with van der Waals surface area (Å²) in [6.45, 7) is 7.08. The number of carbonyl (C=O) groups is 1. The highest BCUT2D eigenvalue weighted by Gasteiger charge is 2.28. The van der Waals surface area contributed by atoms with E-state index in [4.69, 9.17) is 0 Å². The van der Waals surface area contributed by atoms with Crippen LogP contribution >= 0.6 is 0 Å². The van der Waals surface area contributed by atoms with Crippen LogP contribution in [0.1, 0.15) is 57.9 Å². The van der Waals surface area contributed by atoms with Crippen molar-refractivity contribution in [1.82, 2.24) is 5.32 Å². The minimum absolute atomic E-state index is 0.276. The van der Waals surface area contributed by atoms with Gasteiger partial charge >= 0.3 is 5.97 Å². The lowest BCUT2D eigenvalue weighted by molar-refractivity contribution is -0.142. The summed E-state index contributed by atoms with van der Waals surface area (Å²) < 4.78 is 0. The van der Waals surface area contributed by atoms with Gasteiger partial charge in [-0.05, 0) is 49.0 Å². The first-order chi connectivity index (χ1) is 11.0. The number of hydrogen-bond donors (Lipinski definition) is 2. The van der Waals surface area contributed by atoms with Gasteiger partial charge in [0.05, 0.1) is 5.92 Å². The Bertz CT molecular complexity index is 486. The minimum Gasteiger partial charge on any atom is -0.481 e. The fourth-order valence-corrected chi connectivity index (χ4v) is 3.92. The van der Waals surface area contributed by atoms with Gasteiger partial charge in [0.15, 0.2) is 0 Å². The standard InChI is InChI=1S/C20H31NO2/c1-14(2)9-18(20(22)23)13-21-19-11-15(3)10-17(12-19)16-7-5-4-6-8-16/h4-8,14-15,17-19,21H,9-13H2,1-3H3,(H,22,23). The summed E-state index contributed by atoms with van der Waals surface area (Å²) >= 11 is 0. The Labute approximate surface area is 140 Å². The quantitative estimate of drug-likeness (QED) is 0.788. The number of benzene rings is 1. The number of aliphatic carboxylic acids is 1. The van der Waals surface area contributed by atoms with E-state index in [1.54, 1.807) is 0 Å². The molecule has 23 heavy (non-hydrogen) atoms. The summed E-state index contributed by atoms with van der Waals surface area (Å²) in [6.07, 6.45) is 4.24. The van der Waals surface area contributed by atoms with Gasteiger partial charge in [0.25, 0.3) is 0 Å². The van der Waals surface area contributed by atoms with Gasteiger partial charge in [-0.15, -0.1) is 0 Å². The second kappa shape index (κ2) is 8.49. The molecule has 2 rings (SSSR count). The molecular formula is C20H31NO2. The zero-order valence-corrected chi connectivity index (χ0v) is 14.7. The summed E-state index contributed by atoms with van der Waals surface area (Å²) in [6, 6.07) is 11.2. The molecule has 0 aromatic heterocycles. The van der Waals surface area contributed by atoms with Crippen LogP contribution in [0.2, 0.25) is 0 Å². The van der Waals surface area contributed by atoms with Crippen LogP contribution in [-0.4, -0.2) is 23.7 Å². The molecule has 2 N–H and O–H groups in total. The first kappa shape index (κ1) is 18.0. The molecule has 3 nitrogen and oxygen atoms in total. The fraction of sp³-hybridized carbons (Fsp3) is 0.650. The van der Waals surface area contributed by atoms with Gasteiger partial charge in [0.1, 0.15) is 0 Å². The number of hydrogen-bond acceptors (Lipinski definition) is 2. The second-order valence-electron chi connectivity index (χ2n) is 7.69. The summed E-state index contributed by atoms with van der Waals surface area (Å²) in [7, 11) is 0. The maximum absolute atomic E-state index is 11.4. The minimum atomic E-state index is -0.672. The highest BCUT2D eigenvalue weighted by Crippen LogP contribution is 2.36. The average Bonchev–Trinajstić information content (AvgIpc) is 2.51. The van der Waals surface area contributed by atoms with Crippen LogP contribution in [-0.2, 0) is 4.79 Å². The first-order valence-electron chi connectivity index (χ1n) is 8.96. The molecule has 1 fully saturated rings. The van der Waals surface area contributed by atoms with Gasteiger partial charge in [-0.25, -0.2) is 0 Å². The van der Waals surface area contributed by atoms with E-state index >= 15 is 0 Å². The normalized spacial score (nSPS) is 26.2. The van der Waals surface area contributed by atoms with Crippen LogP contribution in [0, 0.1) is 17.8 Å². The Hall–Kier alpha value is -1.35. The zero-order chi connectivity index (χ0) is 16.8. The lowest BCUT2D eigenvalue weighted by atomic mass is 9.76. The van der Waals surface area contributed by atoms with Crippen LogP contribution in [0.25, 0.3) is 0 Å². The lowest BCUT2D eigenvalue weighted by Gasteiger charge is -2.35. The molecule has 4 unspecified atom stereocenters. The third kappa shape index (κ3) is 5.65. The highest BCUT2D eigenvalue weighted by molar-refractivity contribution is 5.70. The highest BCUT2D eigenvalue weighted by atomic mass is 16.4. The summed E-state index contributed by atoms with van der Waals surface area (Å²) in [5.41, 5.74) is 1.42. The molecule has 128 valence electrons. The molecule has 0 bridgehead atoms. The Morgan fingerprint density at radius 2 is 1.91 bits per heavy atom. The Balaban J connectivity index is 1.92. The van der Waals surface area contributed by atoms with E-state index in [0.29, 0.717) is 30.3 Å². The van der Waals surface area contributed by atoms with Crippen molar-refractivity contribution < 1.29 is 9.90 Å². The zero-order valence-electron chi connectivity index (χ0n) is 14.7. The molecule has 1 aliphatic carbocycles. The summed E-state index contributed by atoms with van der Waals surface area (Å²) in [5.74, 6) is 0.739. The van der Waals surface area contributed by atoms with Crippen LogP contribution in [0.5, 0.6) is 0 Å². The number of nitrogens with one attached hydrogen (secondary N) is 1. The monoisotopic (exact) mass is 317 g/mol. The van der Waals surface area contributed by atoms with E-state index in [9.17, 15) is 9.90 Å². The molecule has 1 aromatic rings. The maximum atomic E-state index is 11.4. The van der Waals surface area contributed by atoms with Crippen LogP contribution in [0.3, 0.4) is 0 Å². The molecule has 0 spiro atoms. The Morgan fingerprint density at radius 3 is 2.52 bits per heavy atom.